The number of likely N-dealkylation sites (N-methyl/N-ethyl adjacent to an activating group) is 2. The van der Waals surface area contributed by atoms with Gasteiger partial charge in [-0.1, -0.05) is 24.0 Å². The summed E-state index contributed by atoms with van der Waals surface area (Å²) in [5.41, 5.74) is 2.23. The SMILES string of the molecule is CN(C)CCN(C)Cc1ccc(C#CCO)cc1. The third-order valence-corrected chi connectivity index (χ3v) is 2.65. The second kappa shape index (κ2) is 7.88. The fourth-order valence-corrected chi connectivity index (χ4v) is 1.60. The number of aliphatic hydroxyl groups is 1. The van der Waals surface area contributed by atoms with E-state index in [0.717, 1.165) is 25.2 Å². The van der Waals surface area contributed by atoms with Crippen molar-refractivity contribution in [2.45, 2.75) is 6.54 Å². The second-order valence-electron chi connectivity index (χ2n) is 4.70. The van der Waals surface area contributed by atoms with Gasteiger partial charge in [-0.05, 0) is 38.8 Å². The monoisotopic (exact) mass is 246 g/mol. The summed E-state index contributed by atoms with van der Waals surface area (Å²) in [5.74, 6) is 5.54. The summed E-state index contributed by atoms with van der Waals surface area (Å²) in [4.78, 5) is 4.48. The van der Waals surface area contributed by atoms with Crippen LogP contribution in [0.15, 0.2) is 24.3 Å². The number of aliphatic hydroxyl groups excluding tert-OH is 1. The fraction of sp³-hybridized carbons (Fsp3) is 0.467. The van der Waals surface area contributed by atoms with Gasteiger partial charge in [0.15, 0.2) is 0 Å². The van der Waals surface area contributed by atoms with E-state index in [2.05, 4.69) is 54.9 Å². The fourth-order valence-electron chi connectivity index (χ4n) is 1.60. The van der Waals surface area contributed by atoms with Crippen molar-refractivity contribution in [1.29, 1.82) is 0 Å². The van der Waals surface area contributed by atoms with E-state index in [1.54, 1.807) is 0 Å². The summed E-state index contributed by atoms with van der Waals surface area (Å²) in [6.07, 6.45) is 0. The first-order chi connectivity index (χ1) is 8.61. The molecule has 0 aliphatic heterocycles. The van der Waals surface area contributed by atoms with Crippen LogP contribution in [-0.2, 0) is 6.54 Å². The zero-order chi connectivity index (χ0) is 13.4. The molecule has 0 radical (unpaired) electrons. The molecule has 3 nitrogen and oxygen atoms in total. The Balaban J connectivity index is 2.47. The van der Waals surface area contributed by atoms with Gasteiger partial charge in [-0.25, -0.2) is 0 Å². The third-order valence-electron chi connectivity index (χ3n) is 2.65. The Morgan fingerprint density at radius 3 is 2.28 bits per heavy atom. The lowest BCUT2D eigenvalue weighted by Gasteiger charge is -2.19. The normalized spacial score (nSPS) is 10.6. The molecule has 0 aliphatic carbocycles. The molecule has 0 spiro atoms. The quantitative estimate of drug-likeness (QED) is 0.786. The Morgan fingerprint density at radius 2 is 1.72 bits per heavy atom. The summed E-state index contributed by atoms with van der Waals surface area (Å²) in [7, 11) is 6.30. The van der Waals surface area contributed by atoms with Crippen LogP contribution in [-0.4, -0.2) is 55.7 Å². The molecular formula is C15H22N2O. The molecule has 0 saturated carbocycles. The van der Waals surface area contributed by atoms with Crippen LogP contribution in [0.5, 0.6) is 0 Å². The summed E-state index contributed by atoms with van der Waals surface area (Å²) in [6.45, 7) is 2.98. The zero-order valence-electron chi connectivity index (χ0n) is 11.5. The van der Waals surface area contributed by atoms with Gasteiger partial charge in [0.25, 0.3) is 0 Å². The van der Waals surface area contributed by atoms with Gasteiger partial charge in [-0.3, -0.25) is 0 Å². The lowest BCUT2D eigenvalue weighted by atomic mass is 10.1. The van der Waals surface area contributed by atoms with Gasteiger partial charge in [-0.2, -0.15) is 0 Å². The van der Waals surface area contributed by atoms with Gasteiger partial charge in [0.05, 0.1) is 0 Å². The second-order valence-corrected chi connectivity index (χ2v) is 4.70. The van der Waals surface area contributed by atoms with Crippen LogP contribution in [0.2, 0.25) is 0 Å². The average Bonchev–Trinajstić information content (AvgIpc) is 2.35. The summed E-state index contributed by atoms with van der Waals surface area (Å²) in [6, 6.07) is 8.18. The molecular weight excluding hydrogens is 224 g/mol. The molecule has 0 aliphatic rings. The van der Waals surface area contributed by atoms with Crippen molar-refractivity contribution in [3.05, 3.63) is 35.4 Å². The summed E-state index contributed by atoms with van der Waals surface area (Å²) in [5, 5.41) is 8.62. The minimum absolute atomic E-state index is 0.0883. The molecule has 0 aromatic heterocycles. The van der Waals surface area contributed by atoms with Gasteiger partial charge in [0.2, 0.25) is 0 Å². The van der Waals surface area contributed by atoms with E-state index in [-0.39, 0.29) is 6.61 Å². The van der Waals surface area contributed by atoms with Gasteiger partial charge >= 0.3 is 0 Å². The van der Waals surface area contributed by atoms with Crippen LogP contribution >= 0.6 is 0 Å². The lowest BCUT2D eigenvalue weighted by Crippen LogP contribution is -2.28. The highest BCUT2D eigenvalue weighted by Crippen LogP contribution is 2.05. The van der Waals surface area contributed by atoms with Crippen molar-refractivity contribution in [3.8, 4) is 11.8 Å². The van der Waals surface area contributed by atoms with Crippen LogP contribution in [0, 0.1) is 11.8 Å². The van der Waals surface area contributed by atoms with E-state index in [9.17, 15) is 0 Å². The van der Waals surface area contributed by atoms with Crippen molar-refractivity contribution < 1.29 is 5.11 Å². The Kier molecular flexibility index (Phi) is 6.45. The van der Waals surface area contributed by atoms with Crippen LogP contribution < -0.4 is 0 Å². The third kappa shape index (κ3) is 5.83. The minimum atomic E-state index is -0.0883. The van der Waals surface area contributed by atoms with Crippen LogP contribution in [0.25, 0.3) is 0 Å². The van der Waals surface area contributed by atoms with Gasteiger partial charge < -0.3 is 14.9 Å². The molecule has 1 aromatic rings. The summed E-state index contributed by atoms with van der Waals surface area (Å²) >= 11 is 0. The molecule has 0 atom stereocenters. The number of hydrogen-bond acceptors (Lipinski definition) is 3. The molecule has 0 heterocycles. The standard InChI is InChI=1S/C15H22N2O/c1-16(2)10-11-17(3)13-15-8-6-14(7-9-15)5-4-12-18/h6-9,18H,10-13H2,1-3H3. The Bertz CT molecular complexity index is 401. The molecule has 1 aromatic carbocycles. The maximum Gasteiger partial charge on any atom is 0.104 e. The highest BCUT2D eigenvalue weighted by atomic mass is 16.2. The van der Waals surface area contributed by atoms with Gasteiger partial charge in [-0.15, -0.1) is 0 Å². The molecule has 0 unspecified atom stereocenters. The lowest BCUT2D eigenvalue weighted by molar-refractivity contribution is 0.276. The molecule has 0 fully saturated rings. The maximum atomic E-state index is 8.62. The Hall–Kier alpha value is -1.34. The molecule has 1 rings (SSSR count). The van der Waals surface area contributed by atoms with Crippen LogP contribution in [0.3, 0.4) is 0 Å². The average molecular weight is 246 g/mol. The predicted molar refractivity (Wildman–Crippen MR) is 75.3 cm³/mol. The largest absolute Gasteiger partial charge is 0.384 e. The molecule has 0 saturated heterocycles. The van der Waals surface area contributed by atoms with Crippen LogP contribution in [0.1, 0.15) is 11.1 Å². The number of benzene rings is 1. The summed E-state index contributed by atoms with van der Waals surface area (Å²) < 4.78 is 0. The topological polar surface area (TPSA) is 26.7 Å². The van der Waals surface area contributed by atoms with E-state index in [0.29, 0.717) is 0 Å². The molecule has 0 amide bonds. The molecule has 0 bridgehead atoms. The molecule has 3 heteroatoms. The van der Waals surface area contributed by atoms with E-state index in [1.165, 1.54) is 5.56 Å². The molecule has 98 valence electrons. The first-order valence-corrected chi connectivity index (χ1v) is 6.14. The van der Waals surface area contributed by atoms with E-state index in [1.807, 2.05) is 12.1 Å². The Labute approximate surface area is 110 Å². The van der Waals surface area contributed by atoms with Crippen molar-refractivity contribution >= 4 is 0 Å². The highest BCUT2D eigenvalue weighted by Gasteiger charge is 2.00. The van der Waals surface area contributed by atoms with Gasteiger partial charge in [0.1, 0.15) is 6.61 Å². The van der Waals surface area contributed by atoms with E-state index in [4.69, 9.17) is 5.11 Å². The maximum absolute atomic E-state index is 8.62. The van der Waals surface area contributed by atoms with Crippen molar-refractivity contribution in [2.75, 3.05) is 40.8 Å². The van der Waals surface area contributed by atoms with Crippen molar-refractivity contribution in [2.24, 2.45) is 0 Å². The molecule has 1 N–H and O–H groups in total. The first kappa shape index (κ1) is 14.7. The van der Waals surface area contributed by atoms with E-state index >= 15 is 0 Å². The van der Waals surface area contributed by atoms with E-state index < -0.39 is 0 Å². The minimum Gasteiger partial charge on any atom is -0.384 e. The zero-order valence-corrected chi connectivity index (χ0v) is 11.5. The number of nitrogens with zero attached hydrogens (tertiary/aromatic N) is 2. The highest BCUT2D eigenvalue weighted by molar-refractivity contribution is 5.36. The Morgan fingerprint density at radius 1 is 1.06 bits per heavy atom. The smallest absolute Gasteiger partial charge is 0.104 e. The first-order valence-electron chi connectivity index (χ1n) is 6.14. The molecule has 18 heavy (non-hydrogen) atoms. The van der Waals surface area contributed by atoms with Gasteiger partial charge in [0, 0.05) is 25.2 Å². The number of hydrogen-bond donors (Lipinski definition) is 1. The van der Waals surface area contributed by atoms with Crippen molar-refractivity contribution in [1.82, 2.24) is 9.80 Å². The van der Waals surface area contributed by atoms with Crippen LogP contribution in [0.4, 0.5) is 0 Å². The van der Waals surface area contributed by atoms with Crippen molar-refractivity contribution in [3.63, 3.8) is 0 Å². The predicted octanol–water partition coefficient (Wildman–Crippen LogP) is 1.02. The number of rotatable bonds is 5.